The van der Waals surface area contributed by atoms with Crippen LogP contribution in [0.1, 0.15) is 101 Å². The summed E-state index contributed by atoms with van der Waals surface area (Å²) in [4.78, 5) is 44.1. The van der Waals surface area contributed by atoms with E-state index in [0.717, 1.165) is 75.6 Å². The number of phenolic OH excluding ortho intramolecular Hbond substituents is 1. The number of halogens is 1. The quantitative estimate of drug-likeness (QED) is 0.0542. The summed E-state index contributed by atoms with van der Waals surface area (Å²) in [5.41, 5.74) is 1.35. The van der Waals surface area contributed by atoms with Crippen molar-refractivity contribution in [3.63, 3.8) is 0 Å². The van der Waals surface area contributed by atoms with Crippen molar-refractivity contribution in [2.45, 2.75) is 121 Å². The van der Waals surface area contributed by atoms with Gasteiger partial charge in [0.1, 0.15) is 17.6 Å². The van der Waals surface area contributed by atoms with Crippen LogP contribution in [0.4, 0.5) is 5.69 Å². The Hall–Kier alpha value is -4.24. The molecule has 3 fully saturated rings. The molecule has 3 aromatic carbocycles. The van der Waals surface area contributed by atoms with E-state index in [1.165, 1.54) is 6.07 Å². The largest absolute Gasteiger partial charge is 0.506 e. The molecule has 0 radical (unpaired) electrons. The van der Waals surface area contributed by atoms with Crippen LogP contribution in [0.2, 0.25) is 23.2 Å². The van der Waals surface area contributed by atoms with Crippen molar-refractivity contribution in [3.8, 4) is 11.5 Å². The number of amides is 1. The second kappa shape index (κ2) is 19.1. The number of anilines is 1. The molecule has 63 heavy (non-hydrogen) atoms. The Morgan fingerprint density at radius 1 is 1.02 bits per heavy atom. The summed E-state index contributed by atoms with van der Waals surface area (Å²) in [6.45, 7) is 14.1. The number of rotatable bonds is 16. The highest BCUT2D eigenvalue weighted by atomic mass is 35.5. The number of ether oxygens (including phenoxy) is 2. The molecular formula is C49H65ClN4O8Si. The van der Waals surface area contributed by atoms with Crippen LogP contribution in [-0.4, -0.2) is 79.7 Å². The number of benzene rings is 3. The van der Waals surface area contributed by atoms with Crippen molar-refractivity contribution in [2.75, 3.05) is 38.6 Å². The molecule has 2 heterocycles. The Morgan fingerprint density at radius 3 is 2.38 bits per heavy atom. The zero-order chi connectivity index (χ0) is 45.2. The van der Waals surface area contributed by atoms with Crippen molar-refractivity contribution in [3.05, 3.63) is 98.8 Å². The molecule has 1 aliphatic heterocycles. The van der Waals surface area contributed by atoms with E-state index in [9.17, 15) is 24.6 Å². The fraction of sp³-hybridized carbons (Fsp3) is 0.531. The predicted octanol–water partition coefficient (Wildman–Crippen LogP) is 8.94. The first-order chi connectivity index (χ1) is 29.9. The maximum atomic E-state index is 13.6. The van der Waals surface area contributed by atoms with Gasteiger partial charge in [-0.1, -0.05) is 81.6 Å². The third-order valence-corrected chi connectivity index (χ3v) is 19.2. The number of aromatic amines is 1. The summed E-state index contributed by atoms with van der Waals surface area (Å²) in [5.74, 6) is -0.203. The SMILES string of the molecule is COc1cc(NC(=O)CCN2CCC3(CC2)CC(OC(=O)C(O)(c2ccccc2)C2CCCC2)C3)c(Cl)cc1CNC[C@H](O[Si](C)(C)C(C)(C)C)c1ccc(O)c2[nH]c(=O)ccc12. The predicted molar refractivity (Wildman–Crippen MR) is 250 cm³/mol. The Labute approximate surface area is 377 Å². The second-order valence-corrected chi connectivity index (χ2v) is 24.8. The standard InChI is InChI=1S/C49H65ClN4O8Si/c1-47(2,3)63(5,6)62-42(36-16-18-40(55)45-37(36)17-19-43(56)53-45)31-51-30-32-26-38(50)39(27-41(32)60-4)52-44(57)20-23-54-24-21-48(22-25-54)28-35(29-48)61-46(58)49(59,34-14-10-11-15-34)33-12-8-7-9-13-33/h7-9,12-13,16-19,26-27,34-35,42,51,55,59H,10-11,14-15,20-25,28-31H2,1-6H3,(H,52,57)(H,53,56)/t42-,49?/m0/s1. The number of H-pyrrole nitrogens is 1. The number of aliphatic hydroxyl groups is 1. The molecule has 14 heteroatoms. The monoisotopic (exact) mass is 900 g/mol. The number of aromatic hydroxyl groups is 1. The summed E-state index contributed by atoms with van der Waals surface area (Å²) in [7, 11) is -0.690. The lowest BCUT2D eigenvalue weighted by atomic mass is 9.61. The highest BCUT2D eigenvalue weighted by Gasteiger charge is 2.52. The van der Waals surface area contributed by atoms with Crippen LogP contribution in [0.3, 0.4) is 0 Å². The zero-order valence-electron chi connectivity index (χ0n) is 37.7. The van der Waals surface area contributed by atoms with Gasteiger partial charge < -0.3 is 44.6 Å². The van der Waals surface area contributed by atoms with E-state index in [4.69, 9.17) is 25.5 Å². The number of esters is 1. The van der Waals surface area contributed by atoms with Crippen molar-refractivity contribution < 1.29 is 33.7 Å². The number of carbonyl (C=O) groups is 2. The average Bonchev–Trinajstić information content (AvgIpc) is 3.79. The van der Waals surface area contributed by atoms with E-state index in [-0.39, 0.29) is 39.7 Å². The minimum atomic E-state index is -2.28. The van der Waals surface area contributed by atoms with Gasteiger partial charge in [0.25, 0.3) is 0 Å². The smallest absolute Gasteiger partial charge is 0.343 e. The lowest BCUT2D eigenvalue weighted by molar-refractivity contribution is -0.192. The maximum Gasteiger partial charge on any atom is 0.343 e. The summed E-state index contributed by atoms with van der Waals surface area (Å²) < 4.78 is 18.8. The van der Waals surface area contributed by atoms with Gasteiger partial charge in [-0.3, -0.25) is 9.59 Å². The van der Waals surface area contributed by atoms with Gasteiger partial charge in [-0.15, -0.1) is 0 Å². The zero-order valence-corrected chi connectivity index (χ0v) is 39.4. The third kappa shape index (κ3) is 10.3. The van der Waals surface area contributed by atoms with Gasteiger partial charge in [-0.2, -0.15) is 0 Å². The van der Waals surface area contributed by atoms with Crippen LogP contribution in [0.25, 0.3) is 10.9 Å². The van der Waals surface area contributed by atoms with E-state index in [1.807, 2.05) is 36.4 Å². The molecule has 340 valence electrons. The molecule has 0 bridgehead atoms. The van der Waals surface area contributed by atoms with Crippen LogP contribution in [0.15, 0.2) is 71.5 Å². The fourth-order valence-corrected chi connectivity index (χ4v) is 11.1. The third-order valence-electron chi connectivity index (χ3n) is 14.4. The topological polar surface area (TPSA) is 162 Å². The lowest BCUT2D eigenvalue weighted by Gasteiger charge is -2.52. The minimum absolute atomic E-state index is 0.00392. The van der Waals surface area contributed by atoms with Crippen LogP contribution in [0.5, 0.6) is 11.5 Å². The number of hydrogen-bond acceptors (Lipinski definition) is 10. The van der Waals surface area contributed by atoms with E-state index in [2.05, 4.69) is 54.4 Å². The van der Waals surface area contributed by atoms with E-state index < -0.39 is 26.0 Å². The molecule has 3 aliphatic rings. The molecule has 1 aromatic heterocycles. The number of carbonyl (C=O) groups excluding carboxylic acids is 2. The molecule has 2 saturated carbocycles. The number of hydrogen-bond donors (Lipinski definition) is 5. The van der Waals surface area contributed by atoms with E-state index in [1.54, 1.807) is 31.4 Å². The first-order valence-corrected chi connectivity index (χ1v) is 25.8. The molecule has 1 spiro atoms. The molecular weight excluding hydrogens is 836 g/mol. The van der Waals surface area contributed by atoms with Gasteiger partial charge in [-0.05, 0) is 104 Å². The van der Waals surface area contributed by atoms with Crippen LogP contribution < -0.4 is 20.9 Å². The molecule has 1 amide bonds. The number of methoxy groups -OCH3 is 1. The normalized spacial score (nSPS) is 18.8. The van der Waals surface area contributed by atoms with Crippen molar-refractivity contribution in [1.29, 1.82) is 0 Å². The summed E-state index contributed by atoms with van der Waals surface area (Å²) in [6.07, 6.45) is 6.95. The Kier molecular flexibility index (Phi) is 14.2. The van der Waals surface area contributed by atoms with Crippen molar-refractivity contribution in [1.82, 2.24) is 15.2 Å². The number of aromatic nitrogens is 1. The number of nitrogens with zero attached hydrogens (tertiary/aromatic N) is 1. The number of pyridine rings is 1. The van der Waals surface area contributed by atoms with Crippen molar-refractivity contribution in [2.24, 2.45) is 11.3 Å². The van der Waals surface area contributed by atoms with Gasteiger partial charge in [-0.25, -0.2) is 4.79 Å². The van der Waals surface area contributed by atoms with Gasteiger partial charge in [0.2, 0.25) is 11.5 Å². The number of piperidine rings is 1. The first-order valence-electron chi connectivity index (χ1n) is 22.5. The highest BCUT2D eigenvalue weighted by molar-refractivity contribution is 6.74. The Morgan fingerprint density at radius 2 is 1.71 bits per heavy atom. The molecule has 1 unspecified atom stereocenters. The van der Waals surface area contributed by atoms with Crippen LogP contribution in [-0.2, 0) is 30.9 Å². The molecule has 2 atom stereocenters. The van der Waals surface area contributed by atoms with Gasteiger partial charge >= 0.3 is 5.97 Å². The van der Waals surface area contributed by atoms with Gasteiger partial charge in [0.05, 0.1) is 29.4 Å². The number of likely N-dealkylation sites (tertiary alicyclic amines) is 1. The van der Waals surface area contributed by atoms with Crippen molar-refractivity contribution >= 4 is 48.4 Å². The number of phenols is 1. The summed E-state index contributed by atoms with van der Waals surface area (Å²) >= 11 is 6.78. The number of nitrogens with one attached hydrogen (secondary N) is 3. The molecule has 4 aromatic rings. The number of fused-ring (bicyclic) bond motifs is 1. The summed E-state index contributed by atoms with van der Waals surface area (Å²) in [5, 5.41) is 30.0. The average molecular weight is 902 g/mol. The molecule has 2 aliphatic carbocycles. The molecule has 5 N–H and O–H groups in total. The van der Waals surface area contributed by atoms with Crippen LogP contribution >= 0.6 is 11.6 Å². The fourth-order valence-electron chi connectivity index (χ4n) is 9.56. The maximum absolute atomic E-state index is 13.6. The van der Waals surface area contributed by atoms with Gasteiger partial charge in [0, 0.05) is 55.1 Å². The van der Waals surface area contributed by atoms with E-state index in [0.29, 0.717) is 59.0 Å². The molecule has 7 rings (SSSR count). The second-order valence-electron chi connectivity index (χ2n) is 19.6. The van der Waals surface area contributed by atoms with Crippen LogP contribution in [0, 0.1) is 11.3 Å². The highest BCUT2D eigenvalue weighted by Crippen LogP contribution is 2.52. The first kappa shape index (κ1) is 46.7. The van der Waals surface area contributed by atoms with Gasteiger partial charge in [0.15, 0.2) is 13.9 Å². The molecule has 1 saturated heterocycles. The minimum Gasteiger partial charge on any atom is -0.506 e. The molecule has 12 nitrogen and oxygen atoms in total. The summed E-state index contributed by atoms with van der Waals surface area (Å²) in [6, 6.07) is 19.5. The van der Waals surface area contributed by atoms with E-state index >= 15 is 0 Å². The Balaban J connectivity index is 0.901. The Bertz CT molecular complexity index is 2310. The lowest BCUT2D eigenvalue weighted by Crippen LogP contribution is -2.53.